The van der Waals surface area contributed by atoms with Crippen molar-refractivity contribution in [2.45, 2.75) is 264 Å². The van der Waals surface area contributed by atoms with Crippen molar-refractivity contribution in [3.8, 4) is 0 Å². The summed E-state index contributed by atoms with van der Waals surface area (Å²) in [5.74, 6) is -0.904. The monoisotopic (exact) mass is 841 g/mol. The van der Waals surface area contributed by atoms with Gasteiger partial charge >= 0.3 is 17.9 Å². The van der Waals surface area contributed by atoms with Crippen LogP contribution in [0.2, 0.25) is 0 Å². The maximum absolute atomic E-state index is 12.8. The molecule has 0 aromatic rings. The van der Waals surface area contributed by atoms with E-state index in [1.165, 1.54) is 128 Å². The van der Waals surface area contributed by atoms with E-state index in [4.69, 9.17) is 14.2 Å². The summed E-state index contributed by atoms with van der Waals surface area (Å²) in [6.07, 6.45) is 58.1. The lowest BCUT2D eigenvalue weighted by atomic mass is 10.0. The Kier molecular flexibility index (Phi) is 46.9. The number of carbonyl (C=O) groups excluding carboxylic acids is 3. The van der Waals surface area contributed by atoms with Gasteiger partial charge in [0.25, 0.3) is 0 Å². The Morgan fingerprint density at radius 2 is 0.667 bits per heavy atom. The SMILES string of the molecule is CC\C=C/C=C\C=C/CCCCCCCC(=O)OC(COC(=O)CCCCCCC/C=C\CCCCCCCCC)COC(=O)CCCCCCCCCCCCCCC. The fraction of sp³-hybridized carbons (Fsp3) is 0.796. The highest BCUT2D eigenvalue weighted by atomic mass is 16.6. The lowest BCUT2D eigenvalue weighted by Gasteiger charge is -2.18. The van der Waals surface area contributed by atoms with Gasteiger partial charge in [-0.25, -0.2) is 0 Å². The molecule has 0 rings (SSSR count). The minimum absolute atomic E-state index is 0.0820. The zero-order chi connectivity index (χ0) is 43.7. The van der Waals surface area contributed by atoms with Crippen LogP contribution >= 0.6 is 0 Å². The Morgan fingerprint density at radius 1 is 0.350 bits per heavy atom. The zero-order valence-electron chi connectivity index (χ0n) is 39.7. The van der Waals surface area contributed by atoms with E-state index < -0.39 is 6.10 Å². The van der Waals surface area contributed by atoms with Crippen LogP contribution in [0.5, 0.6) is 0 Å². The van der Waals surface area contributed by atoms with Crippen molar-refractivity contribution in [2.24, 2.45) is 0 Å². The minimum atomic E-state index is -0.783. The van der Waals surface area contributed by atoms with Crippen molar-refractivity contribution in [1.82, 2.24) is 0 Å². The quantitative estimate of drug-likeness (QED) is 0.0200. The van der Waals surface area contributed by atoms with Gasteiger partial charge < -0.3 is 14.2 Å². The highest BCUT2D eigenvalue weighted by Crippen LogP contribution is 2.15. The molecule has 0 fully saturated rings. The number of carbonyl (C=O) groups is 3. The zero-order valence-corrected chi connectivity index (χ0v) is 39.7. The van der Waals surface area contributed by atoms with Crippen molar-refractivity contribution in [2.75, 3.05) is 13.2 Å². The number of hydrogen-bond donors (Lipinski definition) is 0. The highest BCUT2D eigenvalue weighted by molar-refractivity contribution is 5.71. The maximum atomic E-state index is 12.8. The third-order valence-electron chi connectivity index (χ3n) is 11.1. The van der Waals surface area contributed by atoms with Gasteiger partial charge in [-0.3, -0.25) is 14.4 Å². The van der Waals surface area contributed by atoms with E-state index in [2.05, 4.69) is 69.4 Å². The molecule has 0 heterocycles. The van der Waals surface area contributed by atoms with Crippen LogP contribution < -0.4 is 0 Å². The first-order valence-electron chi connectivity index (χ1n) is 25.7. The standard InChI is InChI=1S/C54H96O6/c1-4-7-10-13-16-19-22-25-26-27-30-32-35-38-41-44-47-53(56)59-50-51(60-54(57)48-45-42-39-36-33-29-24-21-18-15-12-9-6-3)49-58-52(55)46-43-40-37-34-31-28-23-20-17-14-11-8-5-2/h9,12,15,18,21,24,26-27,51H,4-8,10-11,13-14,16-17,19-20,22-23,25,28-50H2,1-3H3/b12-9-,18-15-,24-21-,27-26-. The third-order valence-corrected chi connectivity index (χ3v) is 11.1. The average molecular weight is 841 g/mol. The number of ether oxygens (including phenoxy) is 3. The van der Waals surface area contributed by atoms with Crippen LogP contribution in [0.3, 0.4) is 0 Å². The number of allylic oxidation sites excluding steroid dienone is 8. The van der Waals surface area contributed by atoms with Crippen LogP contribution in [0.4, 0.5) is 0 Å². The fourth-order valence-corrected chi connectivity index (χ4v) is 7.26. The van der Waals surface area contributed by atoms with Crippen LogP contribution in [0.15, 0.2) is 48.6 Å². The van der Waals surface area contributed by atoms with Gasteiger partial charge in [0.1, 0.15) is 13.2 Å². The largest absolute Gasteiger partial charge is 0.462 e. The predicted octanol–water partition coefficient (Wildman–Crippen LogP) is 16.7. The van der Waals surface area contributed by atoms with E-state index in [0.29, 0.717) is 19.3 Å². The van der Waals surface area contributed by atoms with Crippen molar-refractivity contribution in [3.63, 3.8) is 0 Å². The first-order chi connectivity index (χ1) is 29.5. The summed E-state index contributed by atoms with van der Waals surface area (Å²) in [6.45, 7) is 6.49. The Balaban J connectivity index is 4.39. The van der Waals surface area contributed by atoms with E-state index in [0.717, 1.165) is 89.9 Å². The second kappa shape index (κ2) is 49.0. The van der Waals surface area contributed by atoms with Crippen LogP contribution in [-0.2, 0) is 28.6 Å². The van der Waals surface area contributed by atoms with Gasteiger partial charge in [-0.2, -0.15) is 0 Å². The lowest BCUT2D eigenvalue weighted by Crippen LogP contribution is -2.30. The normalized spacial score (nSPS) is 12.4. The van der Waals surface area contributed by atoms with Gasteiger partial charge in [-0.15, -0.1) is 0 Å². The van der Waals surface area contributed by atoms with E-state index in [-0.39, 0.29) is 31.1 Å². The van der Waals surface area contributed by atoms with E-state index in [9.17, 15) is 14.4 Å². The maximum Gasteiger partial charge on any atom is 0.306 e. The molecule has 0 aliphatic rings. The highest BCUT2D eigenvalue weighted by Gasteiger charge is 2.19. The molecule has 0 saturated carbocycles. The molecule has 6 heteroatoms. The summed E-state index contributed by atoms with van der Waals surface area (Å²) in [5, 5.41) is 0. The molecule has 348 valence electrons. The first kappa shape index (κ1) is 57.4. The second-order valence-corrected chi connectivity index (χ2v) is 17.1. The fourth-order valence-electron chi connectivity index (χ4n) is 7.26. The molecule has 0 N–H and O–H groups in total. The molecule has 0 amide bonds. The van der Waals surface area contributed by atoms with Crippen LogP contribution in [-0.4, -0.2) is 37.2 Å². The van der Waals surface area contributed by atoms with Gasteiger partial charge in [0, 0.05) is 19.3 Å². The van der Waals surface area contributed by atoms with Crippen molar-refractivity contribution >= 4 is 17.9 Å². The van der Waals surface area contributed by atoms with Crippen molar-refractivity contribution < 1.29 is 28.6 Å². The van der Waals surface area contributed by atoms with E-state index >= 15 is 0 Å². The Hall–Kier alpha value is -2.63. The summed E-state index contributed by atoms with van der Waals surface area (Å²) in [7, 11) is 0. The Morgan fingerprint density at radius 3 is 1.05 bits per heavy atom. The molecule has 0 radical (unpaired) electrons. The predicted molar refractivity (Wildman–Crippen MR) is 256 cm³/mol. The van der Waals surface area contributed by atoms with Gasteiger partial charge in [0.05, 0.1) is 0 Å². The number of hydrogen-bond acceptors (Lipinski definition) is 6. The van der Waals surface area contributed by atoms with E-state index in [1.54, 1.807) is 0 Å². The van der Waals surface area contributed by atoms with Crippen molar-refractivity contribution in [1.29, 1.82) is 0 Å². The molecule has 0 aliphatic carbocycles. The van der Waals surface area contributed by atoms with Crippen molar-refractivity contribution in [3.05, 3.63) is 48.6 Å². The Bertz CT molecular complexity index is 1060. The molecule has 0 saturated heterocycles. The lowest BCUT2D eigenvalue weighted by molar-refractivity contribution is -0.167. The van der Waals surface area contributed by atoms with Gasteiger partial charge in [0.15, 0.2) is 6.10 Å². The topological polar surface area (TPSA) is 78.9 Å². The molecule has 0 bridgehead atoms. The molecular weight excluding hydrogens is 745 g/mol. The van der Waals surface area contributed by atoms with E-state index in [1.807, 2.05) is 0 Å². The summed E-state index contributed by atoms with van der Waals surface area (Å²) < 4.78 is 16.8. The summed E-state index contributed by atoms with van der Waals surface area (Å²) >= 11 is 0. The third kappa shape index (κ3) is 46.4. The number of rotatable bonds is 46. The van der Waals surface area contributed by atoms with Crippen LogP contribution in [0.25, 0.3) is 0 Å². The summed E-state index contributed by atoms with van der Waals surface area (Å²) in [6, 6.07) is 0. The number of esters is 3. The molecule has 6 nitrogen and oxygen atoms in total. The molecule has 0 aliphatic heterocycles. The molecule has 0 spiro atoms. The van der Waals surface area contributed by atoms with Crippen LogP contribution in [0, 0.1) is 0 Å². The summed E-state index contributed by atoms with van der Waals surface area (Å²) in [5.41, 5.74) is 0. The smallest absolute Gasteiger partial charge is 0.306 e. The molecule has 1 unspecified atom stereocenters. The molecule has 0 aromatic carbocycles. The van der Waals surface area contributed by atoms with Gasteiger partial charge in [0.2, 0.25) is 0 Å². The van der Waals surface area contributed by atoms with Gasteiger partial charge in [-0.05, 0) is 64.2 Å². The molecule has 0 aromatic heterocycles. The second-order valence-electron chi connectivity index (χ2n) is 17.1. The molecule has 1 atom stereocenters. The summed E-state index contributed by atoms with van der Waals surface area (Å²) in [4.78, 5) is 37.9. The molecule has 60 heavy (non-hydrogen) atoms. The minimum Gasteiger partial charge on any atom is -0.462 e. The first-order valence-corrected chi connectivity index (χ1v) is 25.7. The Labute approximate surface area is 371 Å². The van der Waals surface area contributed by atoms with Crippen LogP contribution in [0.1, 0.15) is 258 Å². The van der Waals surface area contributed by atoms with Gasteiger partial charge in [-0.1, -0.05) is 223 Å². The average Bonchev–Trinajstić information content (AvgIpc) is 3.24. The number of unbranched alkanes of at least 4 members (excludes halogenated alkanes) is 29. The molecular formula is C54H96O6.